The topological polar surface area (TPSA) is 67.4 Å². The largest absolute Gasteiger partial charge is 0.467 e. The quantitative estimate of drug-likeness (QED) is 0.778. The Balaban J connectivity index is 1.58. The van der Waals surface area contributed by atoms with Gasteiger partial charge >= 0.3 is 5.97 Å². The molecule has 5 heteroatoms. The fraction of sp³-hybridized carbons (Fsp3) is 0.889. The van der Waals surface area contributed by atoms with Crippen molar-refractivity contribution >= 4 is 11.9 Å². The van der Waals surface area contributed by atoms with Gasteiger partial charge in [-0.1, -0.05) is 6.92 Å². The molecule has 0 aromatic heterocycles. The van der Waals surface area contributed by atoms with Gasteiger partial charge in [0.1, 0.15) is 5.54 Å². The third-order valence-electron chi connectivity index (χ3n) is 6.13. The van der Waals surface area contributed by atoms with Crippen LogP contribution >= 0.6 is 0 Å². The molecule has 23 heavy (non-hydrogen) atoms. The number of methoxy groups -OCH3 is 1. The van der Waals surface area contributed by atoms with Gasteiger partial charge in [0.15, 0.2) is 0 Å². The maximum atomic E-state index is 12.6. The minimum Gasteiger partial charge on any atom is -0.467 e. The normalized spacial score (nSPS) is 39.7. The van der Waals surface area contributed by atoms with Crippen molar-refractivity contribution in [1.82, 2.24) is 10.6 Å². The number of rotatable bonds is 4. The highest BCUT2D eigenvalue weighted by atomic mass is 16.5. The SMILES string of the molecule is COC(=O)C1(NC(=O)CC2CC3CCC(C2)N3)CCC(C)CC1. The van der Waals surface area contributed by atoms with Gasteiger partial charge in [-0.05, 0) is 63.2 Å². The lowest BCUT2D eigenvalue weighted by molar-refractivity contribution is -0.153. The van der Waals surface area contributed by atoms with Gasteiger partial charge in [-0.15, -0.1) is 0 Å². The molecule has 3 rings (SSSR count). The second kappa shape index (κ2) is 6.80. The number of amides is 1. The lowest BCUT2D eigenvalue weighted by Crippen LogP contribution is -2.57. The Labute approximate surface area is 138 Å². The highest BCUT2D eigenvalue weighted by Crippen LogP contribution is 2.35. The number of fused-ring (bicyclic) bond motifs is 2. The minimum absolute atomic E-state index is 0.0243. The number of hydrogen-bond donors (Lipinski definition) is 2. The zero-order valence-corrected chi connectivity index (χ0v) is 14.4. The molecule has 2 unspecified atom stereocenters. The van der Waals surface area contributed by atoms with Gasteiger partial charge in [0.05, 0.1) is 7.11 Å². The van der Waals surface area contributed by atoms with Crippen LogP contribution in [0.4, 0.5) is 0 Å². The first-order valence-corrected chi connectivity index (χ1v) is 9.16. The van der Waals surface area contributed by atoms with E-state index in [1.165, 1.54) is 20.0 Å². The molecule has 0 aromatic rings. The molecule has 2 heterocycles. The van der Waals surface area contributed by atoms with E-state index in [9.17, 15) is 9.59 Å². The molecule has 2 saturated heterocycles. The summed E-state index contributed by atoms with van der Waals surface area (Å²) < 4.78 is 5.00. The molecule has 2 atom stereocenters. The van der Waals surface area contributed by atoms with Crippen LogP contribution in [0.2, 0.25) is 0 Å². The van der Waals surface area contributed by atoms with Crippen LogP contribution < -0.4 is 10.6 Å². The average Bonchev–Trinajstić information content (AvgIpc) is 2.87. The number of ether oxygens (including phenoxy) is 1. The zero-order chi connectivity index (χ0) is 16.4. The lowest BCUT2D eigenvalue weighted by atomic mass is 9.76. The molecule has 3 aliphatic rings. The van der Waals surface area contributed by atoms with Gasteiger partial charge in [-0.3, -0.25) is 4.79 Å². The Morgan fingerprint density at radius 1 is 1.13 bits per heavy atom. The summed E-state index contributed by atoms with van der Waals surface area (Å²) in [5.74, 6) is 0.815. The number of piperidine rings is 1. The molecule has 2 aliphatic heterocycles. The summed E-state index contributed by atoms with van der Waals surface area (Å²) in [5, 5.41) is 6.68. The maximum absolute atomic E-state index is 12.6. The Kier molecular flexibility index (Phi) is 4.95. The Hall–Kier alpha value is -1.10. The molecule has 1 saturated carbocycles. The van der Waals surface area contributed by atoms with Gasteiger partial charge in [0.25, 0.3) is 0 Å². The molecule has 1 amide bonds. The maximum Gasteiger partial charge on any atom is 0.331 e. The van der Waals surface area contributed by atoms with Crippen molar-refractivity contribution in [3.05, 3.63) is 0 Å². The number of carbonyl (C=O) groups excluding carboxylic acids is 2. The Morgan fingerprint density at radius 3 is 2.30 bits per heavy atom. The molecular weight excluding hydrogens is 292 g/mol. The molecule has 2 N–H and O–H groups in total. The molecule has 0 aromatic carbocycles. The van der Waals surface area contributed by atoms with E-state index >= 15 is 0 Å². The van der Waals surface area contributed by atoms with Crippen LogP contribution in [0.25, 0.3) is 0 Å². The van der Waals surface area contributed by atoms with Crippen LogP contribution in [0.15, 0.2) is 0 Å². The minimum atomic E-state index is -0.787. The number of nitrogens with one attached hydrogen (secondary N) is 2. The zero-order valence-electron chi connectivity index (χ0n) is 14.4. The third-order valence-corrected chi connectivity index (χ3v) is 6.13. The fourth-order valence-corrected chi connectivity index (χ4v) is 4.75. The predicted molar refractivity (Wildman–Crippen MR) is 87.8 cm³/mol. The summed E-state index contributed by atoms with van der Waals surface area (Å²) in [4.78, 5) is 24.9. The van der Waals surface area contributed by atoms with Crippen LogP contribution in [0.3, 0.4) is 0 Å². The predicted octanol–water partition coefficient (Wildman–Crippen LogP) is 2.15. The van der Waals surface area contributed by atoms with Crippen molar-refractivity contribution in [2.75, 3.05) is 7.11 Å². The van der Waals surface area contributed by atoms with Crippen LogP contribution in [-0.4, -0.2) is 36.6 Å². The summed E-state index contributed by atoms with van der Waals surface area (Å²) in [6, 6.07) is 1.19. The van der Waals surface area contributed by atoms with Crippen molar-refractivity contribution in [2.45, 2.75) is 82.3 Å². The summed E-state index contributed by atoms with van der Waals surface area (Å²) >= 11 is 0. The third kappa shape index (κ3) is 3.70. The summed E-state index contributed by atoms with van der Waals surface area (Å²) in [5.41, 5.74) is -0.787. The van der Waals surface area contributed by atoms with Gasteiger partial charge in [0, 0.05) is 18.5 Å². The van der Waals surface area contributed by atoms with Crippen molar-refractivity contribution in [1.29, 1.82) is 0 Å². The van der Waals surface area contributed by atoms with Crippen molar-refractivity contribution < 1.29 is 14.3 Å². The van der Waals surface area contributed by atoms with E-state index in [-0.39, 0.29) is 11.9 Å². The Bertz CT molecular complexity index is 445. The molecular formula is C18H30N2O3. The molecule has 3 fully saturated rings. The Morgan fingerprint density at radius 2 is 1.74 bits per heavy atom. The van der Waals surface area contributed by atoms with Crippen LogP contribution in [0.1, 0.15) is 64.7 Å². The smallest absolute Gasteiger partial charge is 0.331 e. The summed E-state index contributed by atoms with van der Waals surface area (Å²) in [6.45, 7) is 2.20. The van der Waals surface area contributed by atoms with Gasteiger partial charge < -0.3 is 15.4 Å². The van der Waals surface area contributed by atoms with E-state index in [0.29, 0.717) is 43.2 Å². The van der Waals surface area contributed by atoms with E-state index in [1.807, 2.05) is 0 Å². The second-order valence-electron chi connectivity index (χ2n) is 7.98. The average molecular weight is 322 g/mol. The van der Waals surface area contributed by atoms with E-state index in [1.54, 1.807) is 0 Å². The first kappa shape index (κ1) is 16.7. The van der Waals surface area contributed by atoms with Gasteiger partial charge in [-0.25, -0.2) is 4.79 Å². The van der Waals surface area contributed by atoms with Gasteiger partial charge in [0.2, 0.25) is 5.91 Å². The summed E-state index contributed by atoms with van der Waals surface area (Å²) in [6.07, 6.45) is 8.54. The van der Waals surface area contributed by atoms with Crippen LogP contribution in [0.5, 0.6) is 0 Å². The lowest BCUT2D eigenvalue weighted by Gasteiger charge is -2.38. The molecule has 0 radical (unpaired) electrons. The number of esters is 1. The van der Waals surface area contributed by atoms with Crippen molar-refractivity contribution in [3.63, 3.8) is 0 Å². The summed E-state index contributed by atoms with van der Waals surface area (Å²) in [7, 11) is 1.42. The van der Waals surface area contributed by atoms with Crippen LogP contribution in [-0.2, 0) is 14.3 Å². The molecule has 130 valence electrons. The first-order valence-electron chi connectivity index (χ1n) is 9.16. The molecule has 0 spiro atoms. The van der Waals surface area contributed by atoms with E-state index in [0.717, 1.165) is 25.7 Å². The number of carbonyl (C=O) groups is 2. The molecule has 1 aliphatic carbocycles. The van der Waals surface area contributed by atoms with Crippen molar-refractivity contribution in [2.24, 2.45) is 11.8 Å². The van der Waals surface area contributed by atoms with E-state index in [4.69, 9.17) is 4.74 Å². The number of hydrogen-bond acceptors (Lipinski definition) is 4. The fourth-order valence-electron chi connectivity index (χ4n) is 4.75. The van der Waals surface area contributed by atoms with E-state index in [2.05, 4.69) is 17.6 Å². The monoisotopic (exact) mass is 322 g/mol. The van der Waals surface area contributed by atoms with Crippen LogP contribution in [0, 0.1) is 11.8 Å². The standard InChI is InChI=1S/C18H30N2O3/c1-12-5-7-18(8-6-12,17(22)23-2)20-16(21)11-13-9-14-3-4-15(10-13)19-14/h12-15,19H,3-11H2,1-2H3,(H,20,21). The molecule has 5 nitrogen and oxygen atoms in total. The highest BCUT2D eigenvalue weighted by molar-refractivity contribution is 5.88. The van der Waals surface area contributed by atoms with E-state index < -0.39 is 5.54 Å². The van der Waals surface area contributed by atoms with Gasteiger partial charge in [-0.2, -0.15) is 0 Å². The van der Waals surface area contributed by atoms with Crippen molar-refractivity contribution in [3.8, 4) is 0 Å². The molecule has 2 bridgehead atoms. The first-order chi connectivity index (χ1) is 11.0. The second-order valence-corrected chi connectivity index (χ2v) is 7.98. The highest BCUT2D eigenvalue weighted by Gasteiger charge is 2.44.